The van der Waals surface area contributed by atoms with Gasteiger partial charge in [-0.2, -0.15) is 5.10 Å². The van der Waals surface area contributed by atoms with Crippen LogP contribution in [0.25, 0.3) is 0 Å². The number of hydrogen-bond donors (Lipinski definition) is 0. The fourth-order valence-corrected chi connectivity index (χ4v) is 1.91. The summed E-state index contributed by atoms with van der Waals surface area (Å²) >= 11 is 0. The molecule has 0 saturated heterocycles. The number of carbonyl (C=O) groups is 1. The van der Waals surface area contributed by atoms with E-state index in [1.165, 1.54) is 5.56 Å². The van der Waals surface area contributed by atoms with Gasteiger partial charge in [0.1, 0.15) is 6.04 Å². The Morgan fingerprint density at radius 3 is 2.44 bits per heavy atom. The highest BCUT2D eigenvalue weighted by molar-refractivity contribution is 5.98. The molecule has 0 radical (unpaired) electrons. The molecule has 0 aliphatic carbocycles. The summed E-state index contributed by atoms with van der Waals surface area (Å²) in [5.41, 5.74) is 2.91. The van der Waals surface area contributed by atoms with Crippen molar-refractivity contribution < 1.29 is 4.79 Å². The maximum absolute atomic E-state index is 12.3. The van der Waals surface area contributed by atoms with Crippen molar-refractivity contribution in [1.82, 2.24) is 9.78 Å². The molecule has 1 aromatic heterocycles. The van der Waals surface area contributed by atoms with E-state index in [1.54, 1.807) is 4.68 Å². The smallest absolute Gasteiger partial charge is 0.187 e. The molecule has 18 heavy (non-hydrogen) atoms. The van der Waals surface area contributed by atoms with E-state index >= 15 is 0 Å². The zero-order valence-corrected chi connectivity index (χ0v) is 11.1. The van der Waals surface area contributed by atoms with E-state index < -0.39 is 0 Å². The van der Waals surface area contributed by atoms with Gasteiger partial charge in [-0.05, 0) is 31.9 Å². The Hall–Kier alpha value is -1.90. The van der Waals surface area contributed by atoms with Crippen molar-refractivity contribution in [2.75, 3.05) is 0 Å². The lowest BCUT2D eigenvalue weighted by Crippen LogP contribution is -2.17. The van der Waals surface area contributed by atoms with Gasteiger partial charge in [0, 0.05) is 11.8 Å². The molecule has 0 saturated carbocycles. The van der Waals surface area contributed by atoms with Crippen LogP contribution in [-0.4, -0.2) is 15.6 Å². The second-order valence-electron chi connectivity index (χ2n) is 4.53. The average Bonchev–Trinajstić information content (AvgIpc) is 2.84. The van der Waals surface area contributed by atoms with Crippen LogP contribution in [0.4, 0.5) is 0 Å². The Kier molecular flexibility index (Phi) is 3.60. The molecule has 2 rings (SSSR count). The van der Waals surface area contributed by atoms with Gasteiger partial charge in [-0.1, -0.05) is 31.2 Å². The SMILES string of the molecule is CCc1ccc(C(=O)C(C)n2ccc(C)n2)cc1. The maximum atomic E-state index is 12.3. The third-order valence-corrected chi connectivity index (χ3v) is 3.16. The van der Waals surface area contributed by atoms with Crippen molar-refractivity contribution in [1.29, 1.82) is 0 Å². The molecule has 3 nitrogen and oxygen atoms in total. The lowest BCUT2D eigenvalue weighted by molar-refractivity contribution is 0.0928. The maximum Gasteiger partial charge on any atom is 0.187 e. The lowest BCUT2D eigenvalue weighted by atomic mass is 10.0. The number of hydrogen-bond acceptors (Lipinski definition) is 2. The molecule has 0 N–H and O–H groups in total. The Balaban J connectivity index is 2.19. The van der Waals surface area contributed by atoms with Crippen LogP contribution in [-0.2, 0) is 6.42 Å². The van der Waals surface area contributed by atoms with Crippen LogP contribution in [0.5, 0.6) is 0 Å². The second kappa shape index (κ2) is 5.17. The van der Waals surface area contributed by atoms with Gasteiger partial charge in [-0.15, -0.1) is 0 Å². The topological polar surface area (TPSA) is 34.9 Å². The first-order valence-corrected chi connectivity index (χ1v) is 6.26. The molecule has 0 fully saturated rings. The summed E-state index contributed by atoms with van der Waals surface area (Å²) in [7, 11) is 0. The van der Waals surface area contributed by atoms with E-state index in [0.29, 0.717) is 0 Å². The van der Waals surface area contributed by atoms with Crippen LogP contribution < -0.4 is 0 Å². The van der Waals surface area contributed by atoms with E-state index in [9.17, 15) is 4.79 Å². The number of benzene rings is 1. The standard InChI is InChI=1S/C15H18N2O/c1-4-13-5-7-14(8-6-13)15(18)12(3)17-10-9-11(2)16-17/h5-10,12H,4H2,1-3H3. The molecule has 1 unspecified atom stereocenters. The summed E-state index contributed by atoms with van der Waals surface area (Å²) < 4.78 is 1.71. The fourth-order valence-electron chi connectivity index (χ4n) is 1.91. The number of Topliss-reactive ketones (excluding diaryl/α,β-unsaturated/α-hetero) is 1. The molecular weight excluding hydrogens is 224 g/mol. The lowest BCUT2D eigenvalue weighted by Gasteiger charge is -2.11. The average molecular weight is 242 g/mol. The van der Waals surface area contributed by atoms with E-state index in [4.69, 9.17) is 0 Å². The predicted molar refractivity (Wildman–Crippen MR) is 71.8 cm³/mol. The van der Waals surface area contributed by atoms with Gasteiger partial charge in [0.25, 0.3) is 0 Å². The monoisotopic (exact) mass is 242 g/mol. The fraction of sp³-hybridized carbons (Fsp3) is 0.333. The normalized spacial score (nSPS) is 12.4. The summed E-state index contributed by atoms with van der Waals surface area (Å²) in [6.07, 6.45) is 2.83. The van der Waals surface area contributed by atoms with Gasteiger partial charge in [0.15, 0.2) is 5.78 Å². The zero-order chi connectivity index (χ0) is 13.1. The zero-order valence-electron chi connectivity index (χ0n) is 11.1. The number of carbonyl (C=O) groups excluding carboxylic acids is 1. The van der Waals surface area contributed by atoms with Crippen LogP contribution in [0.3, 0.4) is 0 Å². The summed E-state index contributed by atoms with van der Waals surface area (Å²) in [5, 5.41) is 4.29. The van der Waals surface area contributed by atoms with Crippen molar-refractivity contribution in [2.24, 2.45) is 0 Å². The van der Waals surface area contributed by atoms with Gasteiger partial charge < -0.3 is 0 Å². The van der Waals surface area contributed by atoms with Crippen molar-refractivity contribution in [3.63, 3.8) is 0 Å². The minimum absolute atomic E-state index is 0.0979. The Labute approximate surface area is 107 Å². The predicted octanol–water partition coefficient (Wildman–Crippen LogP) is 3.20. The molecule has 0 amide bonds. The van der Waals surface area contributed by atoms with E-state index in [2.05, 4.69) is 12.0 Å². The molecule has 0 aliphatic rings. The van der Waals surface area contributed by atoms with Gasteiger partial charge in [0.05, 0.1) is 5.69 Å². The number of nitrogens with zero attached hydrogens (tertiary/aromatic N) is 2. The molecule has 3 heteroatoms. The molecule has 2 aromatic rings. The molecule has 94 valence electrons. The minimum Gasteiger partial charge on any atom is -0.292 e. The van der Waals surface area contributed by atoms with E-state index in [-0.39, 0.29) is 11.8 Å². The van der Waals surface area contributed by atoms with E-state index in [0.717, 1.165) is 17.7 Å². The third-order valence-electron chi connectivity index (χ3n) is 3.16. The Morgan fingerprint density at radius 1 is 1.28 bits per heavy atom. The molecule has 1 atom stereocenters. The van der Waals surface area contributed by atoms with Gasteiger partial charge >= 0.3 is 0 Å². The molecule has 0 spiro atoms. The van der Waals surface area contributed by atoms with Crippen LogP contribution in [0.15, 0.2) is 36.5 Å². The molecule has 1 heterocycles. The highest BCUT2D eigenvalue weighted by Crippen LogP contribution is 2.14. The van der Waals surface area contributed by atoms with Crippen LogP contribution >= 0.6 is 0 Å². The van der Waals surface area contributed by atoms with Crippen molar-refractivity contribution in [2.45, 2.75) is 33.2 Å². The number of aromatic nitrogens is 2. The van der Waals surface area contributed by atoms with Gasteiger partial charge in [-0.25, -0.2) is 0 Å². The molecule has 1 aromatic carbocycles. The summed E-state index contributed by atoms with van der Waals surface area (Å²) in [6.45, 7) is 5.90. The number of rotatable bonds is 4. The van der Waals surface area contributed by atoms with Crippen LogP contribution in [0, 0.1) is 6.92 Å². The first kappa shape index (κ1) is 12.6. The first-order valence-electron chi connectivity index (χ1n) is 6.26. The summed E-state index contributed by atoms with van der Waals surface area (Å²) in [6, 6.07) is 9.46. The molecule has 0 bridgehead atoms. The summed E-state index contributed by atoms with van der Waals surface area (Å²) in [5.74, 6) is 0.0979. The molecular formula is C15H18N2O. The Bertz CT molecular complexity index is 540. The van der Waals surface area contributed by atoms with Crippen molar-refractivity contribution in [3.05, 3.63) is 53.3 Å². The van der Waals surface area contributed by atoms with Crippen LogP contribution in [0.1, 0.15) is 41.5 Å². The number of aryl methyl sites for hydroxylation is 2. The highest BCUT2D eigenvalue weighted by atomic mass is 16.1. The van der Waals surface area contributed by atoms with Crippen molar-refractivity contribution in [3.8, 4) is 0 Å². The highest BCUT2D eigenvalue weighted by Gasteiger charge is 2.17. The third kappa shape index (κ3) is 2.50. The van der Waals surface area contributed by atoms with Gasteiger partial charge in [-0.3, -0.25) is 9.48 Å². The first-order chi connectivity index (χ1) is 8.61. The Morgan fingerprint density at radius 2 is 1.94 bits per heavy atom. The quantitative estimate of drug-likeness (QED) is 0.772. The van der Waals surface area contributed by atoms with Gasteiger partial charge in [0.2, 0.25) is 0 Å². The van der Waals surface area contributed by atoms with E-state index in [1.807, 2.05) is 50.4 Å². The van der Waals surface area contributed by atoms with Crippen LogP contribution in [0.2, 0.25) is 0 Å². The summed E-state index contributed by atoms with van der Waals surface area (Å²) in [4.78, 5) is 12.3. The number of ketones is 1. The molecule has 0 aliphatic heterocycles. The second-order valence-corrected chi connectivity index (χ2v) is 4.53. The van der Waals surface area contributed by atoms with Crippen molar-refractivity contribution >= 4 is 5.78 Å². The largest absolute Gasteiger partial charge is 0.292 e. The minimum atomic E-state index is -0.258.